The lowest BCUT2D eigenvalue weighted by Crippen LogP contribution is -2.35. The van der Waals surface area contributed by atoms with E-state index in [9.17, 15) is 14.4 Å². The molecule has 1 saturated heterocycles. The monoisotopic (exact) mass is 385 g/mol. The predicted molar refractivity (Wildman–Crippen MR) is 108 cm³/mol. The summed E-state index contributed by atoms with van der Waals surface area (Å²) in [7, 11) is 0. The number of nitrogens with one attached hydrogen (secondary N) is 1. The van der Waals surface area contributed by atoms with Crippen LogP contribution >= 0.6 is 0 Å². The molecule has 1 N–H and O–H groups in total. The number of piperidine rings is 1. The summed E-state index contributed by atoms with van der Waals surface area (Å²) in [6, 6.07) is 5.25. The van der Waals surface area contributed by atoms with Crippen molar-refractivity contribution >= 4 is 17.7 Å². The SMILES string of the molecule is Cc1ccc2c(c1)C(=O)N(CCC(=O)NCCCCN1CCC(C)CC1)C2=O. The van der Waals surface area contributed by atoms with Gasteiger partial charge in [-0.1, -0.05) is 18.6 Å². The second-order valence-electron chi connectivity index (χ2n) is 8.14. The van der Waals surface area contributed by atoms with Gasteiger partial charge in [-0.15, -0.1) is 0 Å². The first-order valence-corrected chi connectivity index (χ1v) is 10.4. The van der Waals surface area contributed by atoms with Crippen LogP contribution in [0.2, 0.25) is 0 Å². The van der Waals surface area contributed by atoms with Crippen LogP contribution in [-0.2, 0) is 4.79 Å². The summed E-state index contributed by atoms with van der Waals surface area (Å²) < 4.78 is 0. The Kier molecular flexibility index (Phi) is 6.83. The lowest BCUT2D eigenvalue weighted by molar-refractivity contribution is -0.121. The molecule has 1 aromatic carbocycles. The van der Waals surface area contributed by atoms with Crippen LogP contribution in [0, 0.1) is 12.8 Å². The van der Waals surface area contributed by atoms with Gasteiger partial charge in [0.15, 0.2) is 0 Å². The molecule has 0 atom stereocenters. The van der Waals surface area contributed by atoms with Crippen LogP contribution in [0.1, 0.15) is 65.3 Å². The van der Waals surface area contributed by atoms with Gasteiger partial charge in [-0.2, -0.15) is 0 Å². The Labute approximate surface area is 167 Å². The van der Waals surface area contributed by atoms with Crippen molar-refractivity contribution in [1.82, 2.24) is 15.1 Å². The molecular weight excluding hydrogens is 354 g/mol. The van der Waals surface area contributed by atoms with Crippen molar-refractivity contribution in [3.8, 4) is 0 Å². The van der Waals surface area contributed by atoms with Gasteiger partial charge in [-0.3, -0.25) is 19.3 Å². The average molecular weight is 386 g/mol. The van der Waals surface area contributed by atoms with Gasteiger partial charge in [0.05, 0.1) is 11.1 Å². The van der Waals surface area contributed by atoms with E-state index in [4.69, 9.17) is 0 Å². The number of imide groups is 1. The lowest BCUT2D eigenvalue weighted by atomic mass is 9.99. The van der Waals surface area contributed by atoms with E-state index in [1.807, 2.05) is 13.0 Å². The minimum Gasteiger partial charge on any atom is -0.356 e. The van der Waals surface area contributed by atoms with Crippen molar-refractivity contribution in [2.24, 2.45) is 5.92 Å². The minimum absolute atomic E-state index is 0.112. The molecule has 2 aliphatic rings. The number of fused-ring (bicyclic) bond motifs is 1. The van der Waals surface area contributed by atoms with E-state index in [2.05, 4.69) is 17.1 Å². The second-order valence-corrected chi connectivity index (χ2v) is 8.14. The Bertz CT molecular complexity index is 739. The number of carbonyl (C=O) groups is 3. The second kappa shape index (κ2) is 9.32. The van der Waals surface area contributed by atoms with Crippen molar-refractivity contribution in [2.45, 2.75) is 46.0 Å². The summed E-state index contributed by atoms with van der Waals surface area (Å²) in [5.74, 6) is 0.136. The highest BCUT2D eigenvalue weighted by atomic mass is 16.2. The number of amides is 3. The molecule has 0 aromatic heterocycles. The molecule has 0 bridgehead atoms. The molecule has 0 radical (unpaired) electrons. The lowest BCUT2D eigenvalue weighted by Gasteiger charge is -2.30. The minimum atomic E-state index is -0.302. The van der Waals surface area contributed by atoms with Crippen LogP contribution in [0.3, 0.4) is 0 Å². The maximum Gasteiger partial charge on any atom is 0.261 e. The molecule has 3 amide bonds. The maximum atomic E-state index is 12.4. The van der Waals surface area contributed by atoms with E-state index in [0.29, 0.717) is 17.7 Å². The van der Waals surface area contributed by atoms with E-state index >= 15 is 0 Å². The van der Waals surface area contributed by atoms with Crippen LogP contribution in [0.15, 0.2) is 18.2 Å². The highest BCUT2D eigenvalue weighted by molar-refractivity contribution is 6.21. The number of hydrogen-bond donors (Lipinski definition) is 1. The summed E-state index contributed by atoms with van der Waals surface area (Å²) in [6.07, 6.45) is 4.74. The Morgan fingerprint density at radius 2 is 1.79 bits per heavy atom. The largest absolute Gasteiger partial charge is 0.356 e. The molecule has 0 unspecified atom stereocenters. The molecule has 6 heteroatoms. The molecule has 28 heavy (non-hydrogen) atoms. The average Bonchev–Trinajstić information content (AvgIpc) is 2.91. The number of hydrogen-bond acceptors (Lipinski definition) is 4. The number of rotatable bonds is 8. The molecular formula is C22H31N3O3. The van der Waals surface area contributed by atoms with Gasteiger partial charge in [0.25, 0.3) is 11.8 Å². The molecule has 2 aliphatic heterocycles. The highest BCUT2D eigenvalue weighted by Gasteiger charge is 2.35. The topological polar surface area (TPSA) is 69.7 Å². The van der Waals surface area contributed by atoms with Crippen molar-refractivity contribution in [1.29, 1.82) is 0 Å². The summed E-state index contributed by atoms with van der Waals surface area (Å²) in [5.41, 5.74) is 1.82. The molecule has 6 nitrogen and oxygen atoms in total. The van der Waals surface area contributed by atoms with Gasteiger partial charge in [0, 0.05) is 19.5 Å². The molecule has 152 valence electrons. The zero-order chi connectivity index (χ0) is 20.1. The van der Waals surface area contributed by atoms with E-state index in [1.165, 1.54) is 30.8 Å². The Morgan fingerprint density at radius 1 is 1.07 bits per heavy atom. The number of likely N-dealkylation sites (tertiary alicyclic amines) is 1. The fourth-order valence-corrected chi connectivity index (χ4v) is 3.88. The smallest absolute Gasteiger partial charge is 0.261 e. The Hall–Kier alpha value is -2.21. The van der Waals surface area contributed by atoms with Crippen LogP contribution in [0.4, 0.5) is 0 Å². The number of unbranched alkanes of at least 4 members (excludes halogenated alkanes) is 1. The van der Waals surface area contributed by atoms with Crippen LogP contribution in [0.5, 0.6) is 0 Å². The third-order valence-corrected chi connectivity index (χ3v) is 5.79. The summed E-state index contributed by atoms with van der Waals surface area (Å²) >= 11 is 0. The molecule has 0 aliphatic carbocycles. The van der Waals surface area contributed by atoms with E-state index in [-0.39, 0.29) is 30.7 Å². The molecule has 1 aromatic rings. The van der Waals surface area contributed by atoms with Gasteiger partial charge in [0.1, 0.15) is 0 Å². The molecule has 3 rings (SSSR count). The van der Waals surface area contributed by atoms with Crippen LogP contribution in [0.25, 0.3) is 0 Å². The standard InChI is InChI=1S/C22H31N3O3/c1-16-7-12-24(13-8-16)11-4-3-10-23-20(26)9-14-25-21(27)18-6-5-17(2)15-19(18)22(25)28/h5-6,15-16H,3-4,7-14H2,1-2H3,(H,23,26). The first kappa shape index (κ1) is 20.5. The fraction of sp³-hybridized carbons (Fsp3) is 0.591. The zero-order valence-electron chi connectivity index (χ0n) is 17.0. The third kappa shape index (κ3) is 4.98. The van der Waals surface area contributed by atoms with E-state index < -0.39 is 0 Å². The number of benzene rings is 1. The van der Waals surface area contributed by atoms with Crippen LogP contribution in [-0.4, -0.2) is 60.2 Å². The number of aryl methyl sites for hydroxylation is 1. The highest BCUT2D eigenvalue weighted by Crippen LogP contribution is 2.24. The first-order chi connectivity index (χ1) is 13.5. The summed E-state index contributed by atoms with van der Waals surface area (Å²) in [5, 5.41) is 2.90. The van der Waals surface area contributed by atoms with Crippen molar-refractivity contribution in [2.75, 3.05) is 32.7 Å². The van der Waals surface area contributed by atoms with E-state index in [1.54, 1.807) is 12.1 Å². The first-order valence-electron chi connectivity index (χ1n) is 10.4. The van der Waals surface area contributed by atoms with E-state index in [0.717, 1.165) is 30.9 Å². The quantitative estimate of drug-likeness (QED) is 0.552. The number of nitrogens with zero attached hydrogens (tertiary/aromatic N) is 2. The molecule has 1 fully saturated rings. The number of carbonyl (C=O) groups excluding carboxylic acids is 3. The van der Waals surface area contributed by atoms with Crippen molar-refractivity contribution < 1.29 is 14.4 Å². The Balaban J connectivity index is 1.33. The predicted octanol–water partition coefficient (Wildman–Crippen LogP) is 2.61. The molecule has 2 heterocycles. The zero-order valence-corrected chi connectivity index (χ0v) is 17.0. The molecule has 0 spiro atoms. The van der Waals surface area contributed by atoms with Gasteiger partial charge in [-0.05, 0) is 70.3 Å². The summed E-state index contributed by atoms with van der Waals surface area (Å²) in [6.45, 7) is 8.45. The van der Waals surface area contributed by atoms with Gasteiger partial charge >= 0.3 is 0 Å². The van der Waals surface area contributed by atoms with Crippen molar-refractivity contribution in [3.05, 3.63) is 34.9 Å². The third-order valence-electron chi connectivity index (χ3n) is 5.79. The van der Waals surface area contributed by atoms with Gasteiger partial charge in [-0.25, -0.2) is 0 Å². The fourth-order valence-electron chi connectivity index (χ4n) is 3.88. The normalized spacial score (nSPS) is 17.9. The van der Waals surface area contributed by atoms with Crippen LogP contribution < -0.4 is 5.32 Å². The molecule has 0 saturated carbocycles. The Morgan fingerprint density at radius 3 is 2.54 bits per heavy atom. The van der Waals surface area contributed by atoms with Crippen molar-refractivity contribution in [3.63, 3.8) is 0 Å². The van der Waals surface area contributed by atoms with Gasteiger partial charge < -0.3 is 10.2 Å². The maximum absolute atomic E-state index is 12.4. The summed E-state index contributed by atoms with van der Waals surface area (Å²) in [4.78, 5) is 40.5. The van der Waals surface area contributed by atoms with Gasteiger partial charge in [0.2, 0.25) is 5.91 Å².